The molecule has 23 heavy (non-hydrogen) atoms. The van der Waals surface area contributed by atoms with E-state index >= 15 is 0 Å². The largest absolute Gasteiger partial charge is 0.573 e. The fourth-order valence-corrected chi connectivity index (χ4v) is 2.50. The molecule has 0 bridgehead atoms. The van der Waals surface area contributed by atoms with Gasteiger partial charge in [-0.2, -0.15) is 4.37 Å². The molecule has 0 aliphatic heterocycles. The molecule has 9 heteroatoms. The number of hydrogen-bond donors (Lipinski definition) is 2. The number of nitrogens with one attached hydrogen (secondary N) is 1. The molecule has 0 fully saturated rings. The second-order valence-corrected chi connectivity index (χ2v) is 5.29. The normalized spacial score (nSPS) is 12.7. The van der Waals surface area contributed by atoms with Crippen molar-refractivity contribution in [3.8, 4) is 5.75 Å². The van der Waals surface area contributed by atoms with E-state index in [4.69, 9.17) is 0 Å². The third-order valence-electron chi connectivity index (χ3n) is 2.95. The summed E-state index contributed by atoms with van der Waals surface area (Å²) in [5.74, 6) is -0.746. The molecule has 124 valence electrons. The first-order valence-corrected chi connectivity index (χ1v) is 7.33. The summed E-state index contributed by atoms with van der Waals surface area (Å²) in [7, 11) is 0. The monoisotopic (exact) mass is 346 g/mol. The van der Waals surface area contributed by atoms with E-state index in [0.717, 1.165) is 23.7 Å². The molecular formula is C14H13F3N2O3S. The standard InChI is InChI=1S/C14H13F3N2O3S/c1-8-11(7-23-19-8)13(21)18-6-12(20)9-2-4-10(5-3-9)22-14(15,16)17/h2-5,7,12,20H,6H2,1H3,(H,18,21)/t12-/m1/s1. The van der Waals surface area contributed by atoms with Gasteiger partial charge in [-0.05, 0) is 36.2 Å². The smallest absolute Gasteiger partial charge is 0.406 e. The lowest BCUT2D eigenvalue weighted by Gasteiger charge is -2.13. The predicted molar refractivity (Wildman–Crippen MR) is 77.3 cm³/mol. The number of aliphatic hydroxyl groups excluding tert-OH is 1. The molecule has 2 rings (SSSR count). The molecule has 0 aliphatic carbocycles. The number of aromatic nitrogens is 1. The van der Waals surface area contributed by atoms with E-state index in [1.165, 1.54) is 12.1 Å². The van der Waals surface area contributed by atoms with Gasteiger partial charge in [0.25, 0.3) is 5.91 Å². The number of hydrogen-bond acceptors (Lipinski definition) is 5. The highest BCUT2D eigenvalue weighted by Crippen LogP contribution is 2.24. The van der Waals surface area contributed by atoms with Crippen LogP contribution >= 0.6 is 11.5 Å². The van der Waals surface area contributed by atoms with Crippen LogP contribution in [0, 0.1) is 6.92 Å². The van der Waals surface area contributed by atoms with Crippen molar-refractivity contribution in [1.29, 1.82) is 0 Å². The predicted octanol–water partition coefficient (Wildman–Crippen LogP) is 2.81. The highest BCUT2D eigenvalue weighted by atomic mass is 32.1. The summed E-state index contributed by atoms with van der Waals surface area (Å²) < 4.78 is 43.9. The van der Waals surface area contributed by atoms with Crippen LogP contribution in [0.4, 0.5) is 13.2 Å². The molecule has 0 saturated heterocycles. The molecule has 1 aromatic heterocycles. The van der Waals surface area contributed by atoms with Gasteiger partial charge in [-0.1, -0.05) is 12.1 Å². The van der Waals surface area contributed by atoms with Crippen molar-refractivity contribution in [3.63, 3.8) is 0 Å². The lowest BCUT2D eigenvalue weighted by atomic mass is 10.1. The van der Waals surface area contributed by atoms with Crippen LogP contribution < -0.4 is 10.1 Å². The lowest BCUT2D eigenvalue weighted by Crippen LogP contribution is -2.28. The fraction of sp³-hybridized carbons (Fsp3) is 0.286. The number of nitrogens with zero attached hydrogens (tertiary/aromatic N) is 1. The molecule has 0 unspecified atom stereocenters. The average molecular weight is 346 g/mol. The molecule has 1 heterocycles. The Balaban J connectivity index is 1.92. The molecule has 0 spiro atoms. The van der Waals surface area contributed by atoms with Crippen molar-refractivity contribution in [2.24, 2.45) is 0 Å². The maximum atomic E-state index is 12.1. The average Bonchev–Trinajstić information content (AvgIpc) is 2.90. The first-order valence-electron chi connectivity index (χ1n) is 6.49. The van der Waals surface area contributed by atoms with Crippen molar-refractivity contribution >= 4 is 17.4 Å². The highest BCUT2D eigenvalue weighted by molar-refractivity contribution is 7.03. The first kappa shape index (κ1) is 17.2. The van der Waals surface area contributed by atoms with E-state index in [0.29, 0.717) is 16.8 Å². The SMILES string of the molecule is Cc1nscc1C(=O)NC[C@@H](O)c1ccc(OC(F)(F)F)cc1. The Morgan fingerprint density at radius 3 is 2.57 bits per heavy atom. The van der Waals surface area contributed by atoms with Gasteiger partial charge < -0.3 is 15.2 Å². The number of amides is 1. The summed E-state index contributed by atoms with van der Waals surface area (Å²) in [6, 6.07) is 4.80. The van der Waals surface area contributed by atoms with Crippen LogP contribution in [0.15, 0.2) is 29.6 Å². The van der Waals surface area contributed by atoms with Gasteiger partial charge in [0.05, 0.1) is 17.4 Å². The molecule has 0 radical (unpaired) electrons. The van der Waals surface area contributed by atoms with E-state index < -0.39 is 12.5 Å². The van der Waals surface area contributed by atoms with E-state index in [2.05, 4.69) is 14.4 Å². The van der Waals surface area contributed by atoms with Crippen molar-refractivity contribution < 1.29 is 27.8 Å². The zero-order valence-electron chi connectivity index (χ0n) is 11.9. The Labute approximate surface area is 133 Å². The molecule has 5 nitrogen and oxygen atoms in total. The molecule has 0 saturated carbocycles. The maximum Gasteiger partial charge on any atom is 0.573 e. The van der Waals surface area contributed by atoms with Gasteiger partial charge in [0.1, 0.15) is 5.75 Å². The minimum absolute atomic E-state index is 0.0758. The molecule has 0 aliphatic rings. The Morgan fingerprint density at radius 2 is 2.04 bits per heavy atom. The third-order valence-corrected chi connectivity index (χ3v) is 3.67. The summed E-state index contributed by atoms with van der Waals surface area (Å²) in [4.78, 5) is 11.9. The summed E-state index contributed by atoms with van der Waals surface area (Å²) in [6.07, 6.45) is -5.81. The van der Waals surface area contributed by atoms with Crippen LogP contribution in [0.3, 0.4) is 0 Å². The van der Waals surface area contributed by atoms with E-state index in [1.807, 2.05) is 0 Å². The zero-order valence-corrected chi connectivity index (χ0v) is 12.7. The van der Waals surface area contributed by atoms with E-state index in [-0.39, 0.29) is 18.2 Å². The number of aliphatic hydroxyl groups is 1. The number of alkyl halides is 3. The van der Waals surface area contributed by atoms with Crippen LogP contribution in [0.2, 0.25) is 0 Å². The Kier molecular flexibility index (Phi) is 5.22. The minimum Gasteiger partial charge on any atom is -0.406 e. The molecule has 1 atom stereocenters. The summed E-state index contributed by atoms with van der Waals surface area (Å²) in [5.41, 5.74) is 1.38. The van der Waals surface area contributed by atoms with Crippen LogP contribution in [0.1, 0.15) is 27.7 Å². The lowest BCUT2D eigenvalue weighted by molar-refractivity contribution is -0.274. The number of benzene rings is 1. The molecule has 1 aromatic carbocycles. The zero-order chi connectivity index (χ0) is 17.0. The second kappa shape index (κ2) is 6.97. The Bertz CT molecular complexity index is 671. The van der Waals surface area contributed by atoms with Gasteiger partial charge >= 0.3 is 6.36 Å². The third kappa shape index (κ3) is 4.93. The number of rotatable bonds is 5. The van der Waals surface area contributed by atoms with Gasteiger partial charge in [-0.15, -0.1) is 13.2 Å². The van der Waals surface area contributed by atoms with Crippen molar-refractivity contribution in [1.82, 2.24) is 9.69 Å². The summed E-state index contributed by atoms with van der Waals surface area (Å²) in [6.45, 7) is 1.62. The Morgan fingerprint density at radius 1 is 1.39 bits per heavy atom. The van der Waals surface area contributed by atoms with Crippen LogP contribution in [-0.2, 0) is 0 Å². The highest BCUT2D eigenvalue weighted by Gasteiger charge is 2.31. The Hall–Kier alpha value is -2.13. The molecule has 2 aromatic rings. The number of carbonyl (C=O) groups is 1. The van der Waals surface area contributed by atoms with Gasteiger partial charge in [0, 0.05) is 11.9 Å². The van der Waals surface area contributed by atoms with Crippen LogP contribution in [0.5, 0.6) is 5.75 Å². The maximum absolute atomic E-state index is 12.1. The topological polar surface area (TPSA) is 71.5 Å². The summed E-state index contributed by atoms with van der Waals surface area (Å²) in [5, 5.41) is 14.1. The fourth-order valence-electron chi connectivity index (χ4n) is 1.80. The number of halogens is 3. The minimum atomic E-state index is -4.76. The van der Waals surface area contributed by atoms with Crippen molar-refractivity contribution in [3.05, 3.63) is 46.5 Å². The van der Waals surface area contributed by atoms with Gasteiger partial charge in [0.15, 0.2) is 0 Å². The van der Waals surface area contributed by atoms with Gasteiger partial charge in [-0.25, -0.2) is 0 Å². The number of ether oxygens (including phenoxy) is 1. The summed E-state index contributed by atoms with van der Waals surface area (Å²) >= 11 is 1.15. The first-order chi connectivity index (χ1) is 10.8. The molecular weight excluding hydrogens is 333 g/mol. The van der Waals surface area contributed by atoms with Gasteiger partial charge in [0.2, 0.25) is 0 Å². The van der Waals surface area contributed by atoms with E-state index in [9.17, 15) is 23.1 Å². The van der Waals surface area contributed by atoms with Crippen molar-refractivity contribution in [2.75, 3.05) is 6.54 Å². The molecule has 1 amide bonds. The number of aryl methyl sites for hydroxylation is 1. The second-order valence-electron chi connectivity index (χ2n) is 4.66. The quantitative estimate of drug-likeness (QED) is 0.873. The van der Waals surface area contributed by atoms with Crippen LogP contribution in [-0.4, -0.2) is 28.3 Å². The van der Waals surface area contributed by atoms with E-state index in [1.54, 1.807) is 12.3 Å². The van der Waals surface area contributed by atoms with Gasteiger partial charge in [-0.3, -0.25) is 4.79 Å². The van der Waals surface area contributed by atoms with Crippen molar-refractivity contribution in [2.45, 2.75) is 19.4 Å². The molecule has 2 N–H and O–H groups in total. The van der Waals surface area contributed by atoms with Crippen LogP contribution in [0.25, 0.3) is 0 Å². The number of carbonyl (C=O) groups excluding carboxylic acids is 1.